The third-order valence-corrected chi connectivity index (χ3v) is 2.18. The highest BCUT2D eigenvalue weighted by Crippen LogP contribution is 2.16. The second kappa shape index (κ2) is 5.00. The molecule has 0 aromatic heterocycles. The van der Waals surface area contributed by atoms with Gasteiger partial charge in [-0.15, -0.1) is 0 Å². The smallest absolute Gasteiger partial charge is 0.155 e. The van der Waals surface area contributed by atoms with Crippen LogP contribution in [0.2, 0.25) is 0 Å². The number of carbonyl (C=O) groups is 1. The van der Waals surface area contributed by atoms with Crippen LogP contribution in [-0.4, -0.2) is 5.78 Å². The minimum atomic E-state index is 0.293. The Balaban J connectivity index is 2.60. The normalized spacial score (nSPS) is 19.3. The van der Waals surface area contributed by atoms with Crippen LogP contribution in [0.3, 0.4) is 0 Å². The van der Waals surface area contributed by atoms with E-state index < -0.39 is 0 Å². The molecule has 0 N–H and O–H groups in total. The van der Waals surface area contributed by atoms with E-state index >= 15 is 0 Å². The first-order valence-corrected chi connectivity index (χ1v) is 5.10. The van der Waals surface area contributed by atoms with Crippen molar-refractivity contribution in [2.24, 2.45) is 5.92 Å². The molecule has 0 aromatic rings. The van der Waals surface area contributed by atoms with Crippen molar-refractivity contribution in [2.45, 2.75) is 39.5 Å². The molecule has 1 nitrogen and oxygen atoms in total. The zero-order chi connectivity index (χ0) is 9.68. The molecule has 0 aromatic carbocycles. The van der Waals surface area contributed by atoms with Gasteiger partial charge >= 0.3 is 0 Å². The Labute approximate surface area is 80.5 Å². The first kappa shape index (κ1) is 10.2. The van der Waals surface area contributed by atoms with Gasteiger partial charge < -0.3 is 0 Å². The SMILES string of the molecule is CC(C)C=CC1=CC(=O)CCCC1. The number of allylic oxidation sites excluding steroid dienone is 4. The van der Waals surface area contributed by atoms with Crippen molar-refractivity contribution in [1.29, 1.82) is 0 Å². The largest absolute Gasteiger partial charge is 0.295 e. The van der Waals surface area contributed by atoms with E-state index in [-0.39, 0.29) is 0 Å². The van der Waals surface area contributed by atoms with E-state index in [9.17, 15) is 4.79 Å². The van der Waals surface area contributed by atoms with Crippen LogP contribution >= 0.6 is 0 Å². The number of hydrogen-bond donors (Lipinski definition) is 0. The second-order valence-corrected chi connectivity index (χ2v) is 4.00. The van der Waals surface area contributed by atoms with Crippen LogP contribution < -0.4 is 0 Å². The highest BCUT2D eigenvalue weighted by molar-refractivity contribution is 5.90. The highest BCUT2D eigenvalue weighted by Gasteiger charge is 2.05. The maximum absolute atomic E-state index is 11.2. The monoisotopic (exact) mass is 178 g/mol. The van der Waals surface area contributed by atoms with Gasteiger partial charge in [0, 0.05) is 6.42 Å². The zero-order valence-electron chi connectivity index (χ0n) is 8.55. The Morgan fingerprint density at radius 3 is 2.69 bits per heavy atom. The Morgan fingerprint density at radius 2 is 2.00 bits per heavy atom. The van der Waals surface area contributed by atoms with E-state index in [4.69, 9.17) is 0 Å². The van der Waals surface area contributed by atoms with Crippen molar-refractivity contribution >= 4 is 5.78 Å². The topological polar surface area (TPSA) is 17.1 Å². The summed E-state index contributed by atoms with van der Waals surface area (Å²) in [6, 6.07) is 0. The average Bonchev–Trinajstić information content (AvgIpc) is 2.26. The standard InChI is InChI=1S/C12H18O/c1-10(2)7-8-11-5-3-4-6-12(13)9-11/h7-10H,3-6H2,1-2H3. The quantitative estimate of drug-likeness (QED) is 0.634. The predicted octanol–water partition coefficient (Wildman–Crippen LogP) is 3.27. The van der Waals surface area contributed by atoms with Crippen LogP contribution in [0.1, 0.15) is 39.5 Å². The van der Waals surface area contributed by atoms with Gasteiger partial charge in [-0.2, -0.15) is 0 Å². The van der Waals surface area contributed by atoms with Crippen LogP contribution in [0.25, 0.3) is 0 Å². The van der Waals surface area contributed by atoms with Crippen LogP contribution in [0.15, 0.2) is 23.8 Å². The lowest BCUT2D eigenvalue weighted by atomic mass is 10.1. The van der Waals surface area contributed by atoms with Crippen molar-refractivity contribution < 1.29 is 4.79 Å². The Bertz CT molecular complexity index is 234. The summed E-state index contributed by atoms with van der Waals surface area (Å²) >= 11 is 0. The first-order valence-electron chi connectivity index (χ1n) is 5.10. The minimum Gasteiger partial charge on any atom is -0.295 e. The number of hydrogen-bond acceptors (Lipinski definition) is 1. The van der Waals surface area contributed by atoms with Crippen molar-refractivity contribution in [2.75, 3.05) is 0 Å². The third-order valence-electron chi connectivity index (χ3n) is 2.18. The maximum Gasteiger partial charge on any atom is 0.155 e. The van der Waals surface area contributed by atoms with Crippen LogP contribution in [0.5, 0.6) is 0 Å². The summed E-state index contributed by atoms with van der Waals surface area (Å²) in [6.45, 7) is 4.30. The van der Waals surface area contributed by atoms with Gasteiger partial charge in [0.2, 0.25) is 0 Å². The minimum absolute atomic E-state index is 0.293. The summed E-state index contributed by atoms with van der Waals surface area (Å²) in [6.07, 6.45) is 10.1. The lowest BCUT2D eigenvalue weighted by Gasteiger charge is -1.98. The van der Waals surface area contributed by atoms with E-state index in [0.29, 0.717) is 11.7 Å². The van der Waals surface area contributed by atoms with Crippen LogP contribution in [0.4, 0.5) is 0 Å². The molecular formula is C12H18O. The molecule has 0 saturated carbocycles. The molecule has 0 fully saturated rings. The molecule has 0 unspecified atom stereocenters. The summed E-state index contributed by atoms with van der Waals surface area (Å²) in [5.74, 6) is 0.861. The lowest BCUT2D eigenvalue weighted by Crippen LogP contribution is -1.89. The van der Waals surface area contributed by atoms with Gasteiger partial charge in [0.15, 0.2) is 5.78 Å². The van der Waals surface area contributed by atoms with Crippen LogP contribution in [-0.2, 0) is 4.79 Å². The Kier molecular flexibility index (Phi) is 3.94. The van der Waals surface area contributed by atoms with Crippen molar-refractivity contribution in [3.8, 4) is 0 Å². The van der Waals surface area contributed by atoms with E-state index in [1.807, 2.05) is 6.08 Å². The molecule has 0 heterocycles. The maximum atomic E-state index is 11.2. The van der Waals surface area contributed by atoms with Crippen LogP contribution in [0, 0.1) is 5.92 Å². The highest BCUT2D eigenvalue weighted by atomic mass is 16.1. The average molecular weight is 178 g/mol. The number of rotatable bonds is 2. The molecule has 0 bridgehead atoms. The number of carbonyl (C=O) groups excluding carboxylic acids is 1. The van der Waals surface area contributed by atoms with Crippen molar-refractivity contribution in [3.63, 3.8) is 0 Å². The summed E-state index contributed by atoms with van der Waals surface area (Å²) in [4.78, 5) is 11.2. The van der Waals surface area contributed by atoms with Gasteiger partial charge in [-0.3, -0.25) is 4.79 Å². The first-order chi connectivity index (χ1) is 6.18. The van der Waals surface area contributed by atoms with Gasteiger partial charge in [0.1, 0.15) is 0 Å². The van der Waals surface area contributed by atoms with Gasteiger partial charge in [-0.1, -0.05) is 26.0 Å². The van der Waals surface area contributed by atoms with Gasteiger partial charge in [0.05, 0.1) is 0 Å². The molecule has 13 heavy (non-hydrogen) atoms. The van der Waals surface area contributed by atoms with E-state index in [1.54, 1.807) is 0 Å². The summed E-state index contributed by atoms with van der Waals surface area (Å²) < 4.78 is 0. The van der Waals surface area contributed by atoms with Gasteiger partial charge in [-0.05, 0) is 36.8 Å². The molecular weight excluding hydrogens is 160 g/mol. The molecule has 1 aliphatic rings. The number of ketones is 1. The molecule has 0 saturated heterocycles. The lowest BCUT2D eigenvalue weighted by molar-refractivity contribution is -0.114. The molecule has 1 heteroatoms. The second-order valence-electron chi connectivity index (χ2n) is 4.00. The summed E-state index contributed by atoms with van der Waals surface area (Å²) in [5, 5.41) is 0. The fourth-order valence-corrected chi connectivity index (χ4v) is 1.43. The predicted molar refractivity (Wildman–Crippen MR) is 55.5 cm³/mol. The van der Waals surface area contributed by atoms with E-state index in [2.05, 4.69) is 26.0 Å². The van der Waals surface area contributed by atoms with E-state index in [0.717, 1.165) is 25.7 Å². The molecule has 0 atom stereocenters. The Hall–Kier alpha value is -0.850. The van der Waals surface area contributed by atoms with Crippen molar-refractivity contribution in [1.82, 2.24) is 0 Å². The molecule has 1 aliphatic carbocycles. The summed E-state index contributed by atoms with van der Waals surface area (Å²) in [5.41, 5.74) is 1.20. The van der Waals surface area contributed by atoms with Gasteiger partial charge in [-0.25, -0.2) is 0 Å². The van der Waals surface area contributed by atoms with E-state index in [1.165, 1.54) is 5.57 Å². The molecule has 0 amide bonds. The zero-order valence-corrected chi connectivity index (χ0v) is 8.55. The molecule has 0 aliphatic heterocycles. The summed E-state index contributed by atoms with van der Waals surface area (Å²) in [7, 11) is 0. The molecule has 72 valence electrons. The fraction of sp³-hybridized carbons (Fsp3) is 0.583. The fourth-order valence-electron chi connectivity index (χ4n) is 1.43. The third kappa shape index (κ3) is 4.07. The Morgan fingerprint density at radius 1 is 1.31 bits per heavy atom. The molecule has 1 rings (SSSR count). The molecule has 0 spiro atoms. The van der Waals surface area contributed by atoms with Crippen molar-refractivity contribution in [3.05, 3.63) is 23.8 Å². The van der Waals surface area contributed by atoms with Gasteiger partial charge in [0.25, 0.3) is 0 Å². The molecule has 0 radical (unpaired) electrons.